The number of ketones is 3. The minimum absolute atomic E-state index is 0. The van der Waals surface area contributed by atoms with Gasteiger partial charge in [-0.1, -0.05) is 90.4 Å². The van der Waals surface area contributed by atoms with E-state index in [4.69, 9.17) is 35.5 Å². The number of hydrogen-bond acceptors (Lipinski definition) is 16. The highest BCUT2D eigenvalue weighted by atomic mass is 16.5. The average Bonchev–Trinajstić information content (AvgIpc) is 4.12. The van der Waals surface area contributed by atoms with Gasteiger partial charge in [-0.05, 0) is 64.8 Å². The van der Waals surface area contributed by atoms with Crippen LogP contribution in [0.3, 0.4) is 0 Å². The first-order chi connectivity index (χ1) is 38.6. The van der Waals surface area contributed by atoms with Crippen LogP contribution >= 0.6 is 0 Å². The molecule has 2 rings (SSSR count). The number of amides is 4. The number of nitrogens with two attached hydrogens (primary N) is 2. The summed E-state index contributed by atoms with van der Waals surface area (Å²) >= 11 is 0. The van der Waals surface area contributed by atoms with Crippen LogP contribution in [0.4, 0.5) is 0 Å². The van der Waals surface area contributed by atoms with Crippen LogP contribution in [0.2, 0.25) is 0 Å². The second-order valence-corrected chi connectivity index (χ2v) is 20.5. The summed E-state index contributed by atoms with van der Waals surface area (Å²) in [5, 5.41) is 25.8. The highest BCUT2D eigenvalue weighted by molar-refractivity contribution is 5.92. The summed E-state index contributed by atoms with van der Waals surface area (Å²) in [6.45, 7) is 7.20. The normalized spacial score (nSPS) is 14.3. The minimum atomic E-state index is -1.08. The van der Waals surface area contributed by atoms with Gasteiger partial charge in [0.1, 0.15) is 30.8 Å². The number of likely N-dealkylation sites (tertiary alicyclic amines) is 1. The van der Waals surface area contributed by atoms with Gasteiger partial charge in [-0.3, -0.25) is 43.3 Å². The van der Waals surface area contributed by atoms with Gasteiger partial charge in [-0.2, -0.15) is 0 Å². The predicted molar refractivity (Wildman–Crippen MR) is 303 cm³/mol. The Morgan fingerprint density at radius 1 is 0.688 bits per heavy atom. The third-order valence-corrected chi connectivity index (χ3v) is 13.6. The lowest BCUT2D eigenvalue weighted by atomic mass is 9.89. The molecule has 23 nitrogen and oxygen atoms in total. The highest BCUT2D eigenvalue weighted by Gasteiger charge is 2.33. The fraction of sp³-hybridized carbons (Fsp3) is 0.789. The van der Waals surface area contributed by atoms with E-state index in [0.717, 1.165) is 57.1 Å². The van der Waals surface area contributed by atoms with E-state index in [-0.39, 0.29) is 88.7 Å². The van der Waals surface area contributed by atoms with E-state index < -0.39 is 41.9 Å². The Morgan fingerprint density at radius 3 is 1.81 bits per heavy atom. The second-order valence-electron chi connectivity index (χ2n) is 20.5. The molecule has 0 spiro atoms. The molecule has 80 heavy (non-hydrogen) atoms. The molecule has 4 amide bonds. The number of carboxylic acids is 2. The number of primary amides is 1. The predicted octanol–water partition coefficient (Wildman–Crippen LogP) is 5.14. The summed E-state index contributed by atoms with van der Waals surface area (Å²) in [6, 6.07) is -2.23. The fourth-order valence-electron chi connectivity index (χ4n) is 9.02. The number of ether oxygens (including phenoxy) is 4. The fourth-order valence-corrected chi connectivity index (χ4v) is 9.02. The first-order valence-electron chi connectivity index (χ1n) is 29.5. The van der Waals surface area contributed by atoms with E-state index in [9.17, 15) is 48.3 Å². The van der Waals surface area contributed by atoms with Gasteiger partial charge in [-0.25, -0.2) is 9.78 Å². The number of rotatable bonds is 52. The number of Topliss-reactive ketones (excluding diaryl/α,β-unsaturated/α-hetero) is 3. The van der Waals surface area contributed by atoms with Gasteiger partial charge in [-0.15, -0.1) is 0 Å². The molecule has 0 aromatic carbocycles. The zero-order chi connectivity index (χ0) is 59.0. The molecule has 460 valence electrons. The molecule has 0 aliphatic carbocycles. The van der Waals surface area contributed by atoms with Crippen molar-refractivity contribution >= 4 is 52.9 Å². The number of carbonyl (C=O) groups is 9. The molecule has 0 radical (unpaired) electrons. The van der Waals surface area contributed by atoms with Crippen molar-refractivity contribution in [3.8, 4) is 0 Å². The lowest BCUT2D eigenvalue weighted by Crippen LogP contribution is -2.44. The van der Waals surface area contributed by atoms with E-state index in [1.54, 1.807) is 11.1 Å². The maximum atomic E-state index is 13.3. The van der Waals surface area contributed by atoms with Crippen molar-refractivity contribution in [2.75, 3.05) is 79.0 Å². The summed E-state index contributed by atoms with van der Waals surface area (Å²) in [6.07, 6.45) is 24.3. The summed E-state index contributed by atoms with van der Waals surface area (Å²) in [5.74, 6) is -3.84. The van der Waals surface area contributed by atoms with Gasteiger partial charge < -0.3 is 61.6 Å². The number of imidazole rings is 1. The molecule has 1 saturated heterocycles. The van der Waals surface area contributed by atoms with Gasteiger partial charge in [0.2, 0.25) is 23.6 Å². The van der Waals surface area contributed by atoms with Crippen LogP contribution in [-0.2, 0) is 68.5 Å². The molecule has 23 heteroatoms. The van der Waals surface area contributed by atoms with Crippen LogP contribution in [0.15, 0.2) is 12.5 Å². The molecule has 1 fully saturated rings. The Bertz CT molecular complexity index is 1880. The van der Waals surface area contributed by atoms with Crippen molar-refractivity contribution in [2.24, 2.45) is 17.4 Å². The summed E-state index contributed by atoms with van der Waals surface area (Å²) in [5.41, 5.74) is 12.4. The number of aromatic amines is 1. The lowest BCUT2D eigenvalue weighted by Gasteiger charge is -2.24. The van der Waals surface area contributed by atoms with Gasteiger partial charge in [0, 0.05) is 77.5 Å². The van der Waals surface area contributed by atoms with Crippen LogP contribution in [0, 0.1) is 5.92 Å². The van der Waals surface area contributed by atoms with Crippen molar-refractivity contribution in [3.63, 3.8) is 0 Å². The molecule has 10 N–H and O–H groups in total. The van der Waals surface area contributed by atoms with Crippen LogP contribution in [0.1, 0.15) is 188 Å². The Hall–Kier alpha value is -5.20. The van der Waals surface area contributed by atoms with Gasteiger partial charge in [0.15, 0.2) is 5.78 Å². The van der Waals surface area contributed by atoms with Crippen molar-refractivity contribution in [1.82, 2.24) is 30.8 Å². The number of nitrogens with zero attached hydrogens (tertiary/aromatic N) is 2. The summed E-state index contributed by atoms with van der Waals surface area (Å²) in [4.78, 5) is 116. The quantitative estimate of drug-likeness (QED) is 0.0391. The standard InChI is InChI=1S/C31H53N7O9.C26H47NO6.H2/c1-2-44-12-14-46-21-30(42)36-9-11-45-13-15-47-20-29(41)35-8-4-3-6-23(16-27(39)25(32)17-24-18-34-22-37-24)28(40)19-38-10-5-7-26(38)31(33)43;1-2-17-22(28)20-21-23(26(32)33)27-24(29)18-15-13-11-9-7-5-3-4-6-8-10-12-14-16-19-25(30)31;/h18,22-23,25-26H,2-17,19-21,32H2,1H3,(H2,33,43)(H,34,37)(H,35,41)(H,36,42);23H,2-21H2,1H3,(H,27,29)(H,30,31)(H,32,33);1H/t23-,25+,26+;23-;/m10./s1. The van der Waals surface area contributed by atoms with Gasteiger partial charge in [0.05, 0.1) is 58.0 Å². The Morgan fingerprint density at radius 2 is 1.26 bits per heavy atom. The number of carbonyl (C=O) groups excluding carboxylic acids is 7. The average molecular weight is 1140 g/mol. The van der Waals surface area contributed by atoms with Crippen LogP contribution < -0.4 is 27.4 Å². The summed E-state index contributed by atoms with van der Waals surface area (Å²) in [7, 11) is 0. The van der Waals surface area contributed by atoms with Crippen LogP contribution in [-0.4, -0.2) is 175 Å². The largest absolute Gasteiger partial charge is 0.481 e. The van der Waals surface area contributed by atoms with E-state index in [1.165, 1.54) is 57.7 Å². The molecular formula is C57H102N8O15. The van der Waals surface area contributed by atoms with E-state index >= 15 is 0 Å². The number of carboxylic acid groups (broad SMARTS) is 2. The SMILES string of the molecule is CCCC(=O)CC[C@H](NC(=O)CCCCCCCCCCCCCCCCC(=O)O)C(=O)O.CCOCCOCC(=O)NCCOCCOCC(=O)NCCCC[C@H](CC(=O)[C@@H](N)Cc1cnc[nH]1)C(=O)CN1CCC[C@H]1C(N)=O.[HH]. The first-order valence-corrected chi connectivity index (χ1v) is 29.5. The van der Waals surface area contributed by atoms with E-state index in [1.807, 2.05) is 13.8 Å². The molecule has 1 aromatic heterocycles. The molecule has 0 unspecified atom stereocenters. The molecule has 2 heterocycles. The van der Waals surface area contributed by atoms with Gasteiger partial charge >= 0.3 is 11.9 Å². The molecule has 4 atom stereocenters. The molecular weight excluding hydrogens is 1040 g/mol. The van der Waals surface area contributed by atoms with Crippen molar-refractivity contribution in [2.45, 2.75) is 205 Å². The first kappa shape index (κ1) is 72.8. The Labute approximate surface area is 476 Å². The van der Waals surface area contributed by atoms with Crippen molar-refractivity contribution in [1.29, 1.82) is 0 Å². The molecule has 0 saturated carbocycles. The third-order valence-electron chi connectivity index (χ3n) is 13.6. The highest BCUT2D eigenvalue weighted by Crippen LogP contribution is 2.22. The monoisotopic (exact) mass is 1140 g/mol. The second kappa shape index (κ2) is 48.5. The minimum Gasteiger partial charge on any atom is -0.481 e. The lowest BCUT2D eigenvalue weighted by molar-refractivity contribution is -0.142. The maximum Gasteiger partial charge on any atom is 0.326 e. The molecule has 1 aliphatic heterocycles. The molecule has 1 aromatic rings. The smallest absolute Gasteiger partial charge is 0.326 e. The van der Waals surface area contributed by atoms with Crippen molar-refractivity contribution < 1.29 is 73.7 Å². The Balaban J connectivity index is 0.00000166. The topological polar surface area (TPSA) is 351 Å². The number of hydrogen-bond donors (Lipinski definition) is 8. The number of H-pyrrole nitrogens is 1. The summed E-state index contributed by atoms with van der Waals surface area (Å²) < 4.78 is 21.0. The number of aromatic nitrogens is 2. The van der Waals surface area contributed by atoms with Crippen molar-refractivity contribution in [3.05, 3.63) is 18.2 Å². The van der Waals surface area contributed by atoms with Crippen LogP contribution in [0.25, 0.3) is 0 Å². The zero-order valence-electron chi connectivity index (χ0n) is 48.3. The maximum absolute atomic E-state index is 13.3. The number of nitrogens with one attached hydrogen (secondary N) is 4. The number of aliphatic carboxylic acids is 2. The number of unbranched alkanes of at least 4 members (excludes halogenated alkanes) is 14. The third kappa shape index (κ3) is 40.1. The van der Waals surface area contributed by atoms with E-state index in [0.29, 0.717) is 97.4 Å². The zero-order valence-corrected chi connectivity index (χ0v) is 48.3. The Kier molecular flexibility index (Phi) is 44.1. The molecule has 1 aliphatic rings. The van der Waals surface area contributed by atoms with Crippen LogP contribution in [0.5, 0.6) is 0 Å². The van der Waals surface area contributed by atoms with Gasteiger partial charge in [0.25, 0.3) is 0 Å². The molecule has 0 bridgehead atoms. The van der Waals surface area contributed by atoms with E-state index in [2.05, 4.69) is 25.9 Å².